The highest BCUT2D eigenvalue weighted by molar-refractivity contribution is 7.63. The van der Waals surface area contributed by atoms with Gasteiger partial charge in [-0.05, 0) is 19.6 Å². The standard InChI is InChI=1S/C7H18NOP/c1-7(2)10(3,9)6-4-5-8/h7H,4-6,8H2,1-3H3. The molecule has 0 amide bonds. The van der Waals surface area contributed by atoms with Crippen molar-refractivity contribution in [1.29, 1.82) is 0 Å². The highest BCUT2D eigenvalue weighted by Crippen LogP contribution is 2.46. The fourth-order valence-corrected chi connectivity index (χ4v) is 1.99. The number of hydrogen-bond donors (Lipinski definition) is 1. The fraction of sp³-hybridized carbons (Fsp3) is 1.00. The molecule has 0 aromatic heterocycles. The summed E-state index contributed by atoms with van der Waals surface area (Å²) in [5, 5.41) is 0. The van der Waals surface area contributed by atoms with E-state index in [1.54, 1.807) is 0 Å². The molecule has 0 heterocycles. The van der Waals surface area contributed by atoms with Gasteiger partial charge in [-0.15, -0.1) is 0 Å². The van der Waals surface area contributed by atoms with E-state index in [0.29, 0.717) is 12.2 Å². The van der Waals surface area contributed by atoms with Crippen molar-refractivity contribution in [3.8, 4) is 0 Å². The molecule has 2 N–H and O–H groups in total. The van der Waals surface area contributed by atoms with Crippen LogP contribution in [0.5, 0.6) is 0 Å². The second kappa shape index (κ2) is 4.15. The Hall–Kier alpha value is 0.190. The third-order valence-corrected chi connectivity index (χ3v) is 5.29. The molecule has 0 aliphatic rings. The molecule has 10 heavy (non-hydrogen) atoms. The Morgan fingerprint density at radius 3 is 2.30 bits per heavy atom. The second-order valence-electron chi connectivity index (χ2n) is 3.13. The third kappa shape index (κ3) is 3.38. The summed E-state index contributed by atoms with van der Waals surface area (Å²) < 4.78 is 11.6. The van der Waals surface area contributed by atoms with Crippen molar-refractivity contribution in [2.24, 2.45) is 5.73 Å². The quantitative estimate of drug-likeness (QED) is 0.641. The first kappa shape index (κ1) is 10.2. The average molecular weight is 163 g/mol. The molecule has 0 aromatic carbocycles. The average Bonchev–Trinajstić information content (AvgIpc) is 1.84. The molecule has 0 aliphatic heterocycles. The zero-order valence-electron chi connectivity index (χ0n) is 7.13. The van der Waals surface area contributed by atoms with E-state index in [9.17, 15) is 4.57 Å². The van der Waals surface area contributed by atoms with Gasteiger partial charge >= 0.3 is 0 Å². The first-order chi connectivity index (χ1) is 4.50. The first-order valence-electron chi connectivity index (χ1n) is 3.77. The van der Waals surface area contributed by atoms with Crippen LogP contribution in [0.1, 0.15) is 20.3 Å². The van der Waals surface area contributed by atoms with Crippen molar-refractivity contribution in [3.63, 3.8) is 0 Å². The van der Waals surface area contributed by atoms with E-state index in [1.807, 2.05) is 20.5 Å². The fourth-order valence-electron chi connectivity index (χ4n) is 0.663. The van der Waals surface area contributed by atoms with E-state index in [1.165, 1.54) is 0 Å². The molecule has 0 saturated heterocycles. The topological polar surface area (TPSA) is 43.1 Å². The minimum Gasteiger partial charge on any atom is -0.330 e. The van der Waals surface area contributed by atoms with E-state index in [0.717, 1.165) is 12.6 Å². The molecule has 62 valence electrons. The van der Waals surface area contributed by atoms with Gasteiger partial charge in [0.05, 0.1) is 7.14 Å². The molecule has 1 atom stereocenters. The highest BCUT2D eigenvalue weighted by atomic mass is 31.2. The maximum absolute atomic E-state index is 11.6. The minimum absolute atomic E-state index is 0.319. The van der Waals surface area contributed by atoms with Gasteiger partial charge in [-0.3, -0.25) is 0 Å². The molecule has 0 aliphatic carbocycles. The van der Waals surface area contributed by atoms with Crippen molar-refractivity contribution in [2.75, 3.05) is 19.4 Å². The zero-order chi connectivity index (χ0) is 8.20. The first-order valence-corrected chi connectivity index (χ1v) is 6.18. The molecule has 1 unspecified atom stereocenters. The molecule has 0 aromatic rings. The Kier molecular flexibility index (Phi) is 4.23. The van der Waals surface area contributed by atoms with Gasteiger partial charge < -0.3 is 10.3 Å². The number of rotatable bonds is 4. The molecular weight excluding hydrogens is 145 g/mol. The van der Waals surface area contributed by atoms with Crippen LogP contribution < -0.4 is 5.73 Å². The summed E-state index contributed by atoms with van der Waals surface area (Å²) >= 11 is 0. The summed E-state index contributed by atoms with van der Waals surface area (Å²) in [6.45, 7) is 6.55. The largest absolute Gasteiger partial charge is 0.330 e. The molecule has 0 fully saturated rings. The lowest BCUT2D eigenvalue weighted by molar-refractivity contribution is 0.570. The van der Waals surface area contributed by atoms with Crippen molar-refractivity contribution in [2.45, 2.75) is 25.9 Å². The summed E-state index contributed by atoms with van der Waals surface area (Å²) in [6, 6.07) is 0. The van der Waals surface area contributed by atoms with Crippen LogP contribution in [0.3, 0.4) is 0 Å². The van der Waals surface area contributed by atoms with Gasteiger partial charge in [0.2, 0.25) is 0 Å². The molecule has 3 heteroatoms. The van der Waals surface area contributed by atoms with E-state index >= 15 is 0 Å². The van der Waals surface area contributed by atoms with Crippen molar-refractivity contribution in [3.05, 3.63) is 0 Å². The van der Waals surface area contributed by atoms with Gasteiger partial charge in [-0.25, -0.2) is 0 Å². The van der Waals surface area contributed by atoms with Gasteiger partial charge in [-0.2, -0.15) is 0 Å². The van der Waals surface area contributed by atoms with Gasteiger partial charge in [-0.1, -0.05) is 13.8 Å². The Balaban J connectivity index is 3.76. The van der Waals surface area contributed by atoms with Gasteiger partial charge in [0.1, 0.15) is 0 Å². The predicted molar refractivity (Wildman–Crippen MR) is 47.2 cm³/mol. The smallest absolute Gasteiger partial charge is 0.0872 e. The van der Waals surface area contributed by atoms with Crippen LogP contribution in [0.25, 0.3) is 0 Å². The predicted octanol–water partition coefficient (Wildman–Crippen LogP) is 1.74. The summed E-state index contributed by atoms with van der Waals surface area (Å²) in [6.07, 6.45) is 1.70. The van der Waals surface area contributed by atoms with Crippen molar-refractivity contribution < 1.29 is 4.57 Å². The van der Waals surface area contributed by atoms with Crippen LogP contribution in [-0.2, 0) is 4.57 Å². The van der Waals surface area contributed by atoms with Gasteiger partial charge in [0.15, 0.2) is 0 Å². The van der Waals surface area contributed by atoms with E-state index < -0.39 is 7.14 Å². The Morgan fingerprint density at radius 2 is 2.00 bits per heavy atom. The summed E-state index contributed by atoms with van der Waals surface area (Å²) in [5.74, 6) is 0. The molecular formula is C7H18NOP. The van der Waals surface area contributed by atoms with Crippen molar-refractivity contribution in [1.82, 2.24) is 0 Å². The molecule has 2 nitrogen and oxygen atoms in total. The number of hydrogen-bond acceptors (Lipinski definition) is 2. The minimum atomic E-state index is -1.86. The summed E-state index contributed by atoms with van der Waals surface area (Å²) in [5.41, 5.74) is 5.63. The normalized spacial score (nSPS) is 17.3. The third-order valence-electron chi connectivity index (χ3n) is 1.90. The lowest BCUT2D eigenvalue weighted by atomic mass is 10.5. The van der Waals surface area contributed by atoms with E-state index in [4.69, 9.17) is 5.73 Å². The van der Waals surface area contributed by atoms with Crippen LogP contribution in [0.4, 0.5) is 0 Å². The van der Waals surface area contributed by atoms with E-state index in [-0.39, 0.29) is 0 Å². The SMILES string of the molecule is CC(C)P(C)(=O)CCCN. The summed E-state index contributed by atoms with van der Waals surface area (Å²) in [4.78, 5) is 0. The molecule has 0 bridgehead atoms. The van der Waals surface area contributed by atoms with Crippen LogP contribution >= 0.6 is 7.14 Å². The second-order valence-corrected chi connectivity index (χ2v) is 6.96. The van der Waals surface area contributed by atoms with Crippen LogP contribution in [0.2, 0.25) is 0 Å². The van der Waals surface area contributed by atoms with Crippen LogP contribution in [-0.4, -0.2) is 25.0 Å². The maximum atomic E-state index is 11.6. The molecule has 0 spiro atoms. The van der Waals surface area contributed by atoms with Crippen LogP contribution in [0.15, 0.2) is 0 Å². The molecule has 0 radical (unpaired) electrons. The summed E-state index contributed by atoms with van der Waals surface area (Å²) in [7, 11) is -1.86. The van der Waals surface area contributed by atoms with E-state index in [2.05, 4.69) is 0 Å². The number of nitrogens with two attached hydrogens (primary N) is 1. The van der Waals surface area contributed by atoms with Crippen molar-refractivity contribution >= 4 is 7.14 Å². The Bertz CT molecular complexity index is 134. The molecule has 0 rings (SSSR count). The maximum Gasteiger partial charge on any atom is 0.0872 e. The van der Waals surface area contributed by atoms with Crippen LogP contribution in [0, 0.1) is 0 Å². The zero-order valence-corrected chi connectivity index (χ0v) is 8.03. The monoisotopic (exact) mass is 163 g/mol. The van der Waals surface area contributed by atoms with Gasteiger partial charge in [0, 0.05) is 11.8 Å². The highest BCUT2D eigenvalue weighted by Gasteiger charge is 2.18. The Labute approximate surface area is 63.6 Å². The Morgan fingerprint density at radius 1 is 1.50 bits per heavy atom. The molecule has 0 saturated carbocycles. The lowest BCUT2D eigenvalue weighted by Gasteiger charge is -2.15. The lowest BCUT2D eigenvalue weighted by Crippen LogP contribution is -2.06. The van der Waals surface area contributed by atoms with Gasteiger partial charge in [0.25, 0.3) is 0 Å².